The van der Waals surface area contributed by atoms with Crippen molar-refractivity contribution in [3.8, 4) is 0 Å². The van der Waals surface area contributed by atoms with Gasteiger partial charge in [-0.05, 0) is 84.1 Å². The first-order valence-corrected chi connectivity index (χ1v) is 12.7. The summed E-state index contributed by atoms with van der Waals surface area (Å²) in [4.78, 5) is 28.3. The molecule has 31 heavy (non-hydrogen) atoms. The van der Waals surface area contributed by atoms with Gasteiger partial charge in [-0.3, -0.25) is 9.59 Å². The molecular formula is C25H46N2O4. The fourth-order valence-corrected chi connectivity index (χ4v) is 4.75. The molecule has 1 atom stereocenters. The Bertz CT molecular complexity index is 512. The van der Waals surface area contributed by atoms with Gasteiger partial charge >= 0.3 is 11.9 Å². The summed E-state index contributed by atoms with van der Waals surface area (Å²) >= 11 is 0. The predicted molar refractivity (Wildman–Crippen MR) is 124 cm³/mol. The highest BCUT2D eigenvalue weighted by Crippen LogP contribution is 2.27. The molecule has 2 aliphatic heterocycles. The number of hydrogen-bond acceptors (Lipinski definition) is 6. The van der Waals surface area contributed by atoms with Gasteiger partial charge < -0.3 is 19.3 Å². The third-order valence-electron chi connectivity index (χ3n) is 6.98. The number of piperidine rings is 2. The van der Waals surface area contributed by atoms with Gasteiger partial charge in [0.15, 0.2) is 0 Å². The van der Waals surface area contributed by atoms with E-state index in [2.05, 4.69) is 16.8 Å². The SMILES string of the molecule is CCCC(=O)OCCC(C)OC(=O)CCN1CCC(CCCC2CCN(C)CC2)CC1. The van der Waals surface area contributed by atoms with Crippen molar-refractivity contribution < 1.29 is 19.1 Å². The number of hydrogen-bond donors (Lipinski definition) is 0. The van der Waals surface area contributed by atoms with E-state index in [0.717, 1.165) is 37.9 Å². The minimum atomic E-state index is -0.211. The summed E-state index contributed by atoms with van der Waals surface area (Å²) < 4.78 is 10.6. The molecular weight excluding hydrogens is 392 g/mol. The highest BCUT2D eigenvalue weighted by molar-refractivity contribution is 5.70. The van der Waals surface area contributed by atoms with Crippen molar-refractivity contribution in [3.63, 3.8) is 0 Å². The number of likely N-dealkylation sites (tertiary alicyclic amines) is 2. The lowest BCUT2D eigenvalue weighted by molar-refractivity contribution is -0.150. The molecule has 180 valence electrons. The molecule has 0 spiro atoms. The lowest BCUT2D eigenvalue weighted by Gasteiger charge is -2.32. The number of esters is 2. The minimum Gasteiger partial charge on any atom is -0.466 e. The molecule has 0 aromatic rings. The quantitative estimate of drug-likeness (QED) is 0.400. The van der Waals surface area contributed by atoms with E-state index in [-0.39, 0.29) is 18.0 Å². The second-order valence-corrected chi connectivity index (χ2v) is 9.77. The van der Waals surface area contributed by atoms with Gasteiger partial charge in [-0.25, -0.2) is 0 Å². The second kappa shape index (κ2) is 14.8. The van der Waals surface area contributed by atoms with Crippen molar-refractivity contribution >= 4 is 11.9 Å². The van der Waals surface area contributed by atoms with Gasteiger partial charge in [0.25, 0.3) is 0 Å². The van der Waals surface area contributed by atoms with Crippen LogP contribution >= 0.6 is 0 Å². The highest BCUT2D eigenvalue weighted by Gasteiger charge is 2.21. The van der Waals surface area contributed by atoms with Crippen molar-refractivity contribution in [2.24, 2.45) is 11.8 Å². The predicted octanol–water partition coefficient (Wildman–Crippen LogP) is 4.27. The molecule has 0 radical (unpaired) electrons. The van der Waals surface area contributed by atoms with Gasteiger partial charge in [0.05, 0.1) is 13.0 Å². The van der Waals surface area contributed by atoms with Crippen LogP contribution < -0.4 is 0 Å². The topological polar surface area (TPSA) is 59.1 Å². The molecule has 0 saturated carbocycles. The van der Waals surface area contributed by atoms with Crippen LogP contribution in [0.25, 0.3) is 0 Å². The zero-order chi connectivity index (χ0) is 22.5. The third kappa shape index (κ3) is 11.3. The fraction of sp³-hybridized carbons (Fsp3) is 0.920. The third-order valence-corrected chi connectivity index (χ3v) is 6.98. The summed E-state index contributed by atoms with van der Waals surface area (Å²) in [5, 5.41) is 0. The molecule has 0 aromatic heterocycles. The molecule has 2 fully saturated rings. The number of carbonyl (C=O) groups excluding carboxylic acids is 2. The molecule has 6 heteroatoms. The zero-order valence-corrected chi connectivity index (χ0v) is 20.3. The second-order valence-electron chi connectivity index (χ2n) is 9.77. The van der Waals surface area contributed by atoms with E-state index in [0.29, 0.717) is 25.9 Å². The van der Waals surface area contributed by atoms with Crippen molar-refractivity contribution in [2.75, 3.05) is 46.4 Å². The summed E-state index contributed by atoms with van der Waals surface area (Å²) in [6.07, 6.45) is 11.5. The first kappa shape index (κ1) is 26.1. The number of carbonyl (C=O) groups is 2. The van der Waals surface area contributed by atoms with Gasteiger partial charge in [0, 0.05) is 19.4 Å². The maximum atomic E-state index is 12.1. The van der Waals surface area contributed by atoms with E-state index < -0.39 is 0 Å². The van der Waals surface area contributed by atoms with E-state index in [9.17, 15) is 9.59 Å². The molecule has 2 heterocycles. The summed E-state index contributed by atoms with van der Waals surface area (Å²) in [7, 11) is 2.23. The number of rotatable bonds is 13. The largest absolute Gasteiger partial charge is 0.466 e. The van der Waals surface area contributed by atoms with Crippen molar-refractivity contribution in [3.05, 3.63) is 0 Å². The van der Waals surface area contributed by atoms with E-state index in [1.807, 2.05) is 13.8 Å². The van der Waals surface area contributed by atoms with E-state index in [4.69, 9.17) is 9.47 Å². The van der Waals surface area contributed by atoms with Gasteiger partial charge in [-0.2, -0.15) is 0 Å². The molecule has 0 bridgehead atoms. The van der Waals surface area contributed by atoms with Crippen LogP contribution in [0, 0.1) is 11.8 Å². The van der Waals surface area contributed by atoms with Crippen molar-refractivity contribution in [1.82, 2.24) is 9.80 Å². The van der Waals surface area contributed by atoms with Crippen molar-refractivity contribution in [1.29, 1.82) is 0 Å². The van der Waals surface area contributed by atoms with Crippen LogP contribution in [0.15, 0.2) is 0 Å². The minimum absolute atomic E-state index is 0.146. The van der Waals surface area contributed by atoms with Gasteiger partial charge in [-0.1, -0.05) is 26.2 Å². The highest BCUT2D eigenvalue weighted by atomic mass is 16.6. The standard InChI is InChI=1S/C25H46N2O4/c1-4-6-24(28)30-20-14-21(2)31-25(29)13-19-27-17-11-23(12-18-27)8-5-7-22-9-15-26(3)16-10-22/h21-23H,4-20H2,1-3H3. The Labute approximate surface area is 190 Å². The van der Waals surface area contributed by atoms with Crippen LogP contribution in [0.4, 0.5) is 0 Å². The van der Waals surface area contributed by atoms with Crippen LogP contribution in [0.3, 0.4) is 0 Å². The Hall–Kier alpha value is -1.14. The summed E-state index contributed by atoms with van der Waals surface area (Å²) in [6, 6.07) is 0. The molecule has 2 saturated heterocycles. The molecule has 1 unspecified atom stereocenters. The molecule has 2 aliphatic rings. The molecule has 2 rings (SSSR count). The summed E-state index contributed by atoms with van der Waals surface area (Å²) in [5.74, 6) is 1.50. The van der Waals surface area contributed by atoms with Crippen LogP contribution in [0.1, 0.15) is 84.5 Å². The average molecular weight is 439 g/mol. The van der Waals surface area contributed by atoms with Crippen LogP contribution in [-0.2, 0) is 19.1 Å². The number of ether oxygens (including phenoxy) is 2. The smallest absolute Gasteiger partial charge is 0.307 e. The normalized spacial score (nSPS) is 20.5. The molecule has 0 aliphatic carbocycles. The maximum Gasteiger partial charge on any atom is 0.307 e. The Morgan fingerprint density at radius 3 is 2.16 bits per heavy atom. The van der Waals surface area contributed by atoms with Crippen molar-refractivity contribution in [2.45, 2.75) is 90.6 Å². The zero-order valence-electron chi connectivity index (χ0n) is 20.3. The first-order chi connectivity index (χ1) is 15.0. The van der Waals surface area contributed by atoms with Crippen LogP contribution in [0.5, 0.6) is 0 Å². The lowest BCUT2D eigenvalue weighted by atomic mass is 9.87. The van der Waals surface area contributed by atoms with Crippen LogP contribution in [0.2, 0.25) is 0 Å². The fourth-order valence-electron chi connectivity index (χ4n) is 4.75. The van der Waals surface area contributed by atoms with E-state index in [1.165, 1.54) is 58.0 Å². The summed E-state index contributed by atoms with van der Waals surface area (Å²) in [5.41, 5.74) is 0. The molecule has 6 nitrogen and oxygen atoms in total. The molecule has 0 N–H and O–H groups in total. The first-order valence-electron chi connectivity index (χ1n) is 12.7. The maximum absolute atomic E-state index is 12.1. The average Bonchev–Trinajstić information content (AvgIpc) is 2.75. The number of nitrogens with zero attached hydrogens (tertiary/aromatic N) is 2. The van der Waals surface area contributed by atoms with E-state index in [1.54, 1.807) is 0 Å². The molecule has 0 amide bonds. The van der Waals surface area contributed by atoms with Gasteiger partial charge in [0.1, 0.15) is 6.10 Å². The summed E-state index contributed by atoms with van der Waals surface area (Å²) in [6.45, 7) is 9.68. The van der Waals surface area contributed by atoms with Gasteiger partial charge in [-0.15, -0.1) is 0 Å². The van der Waals surface area contributed by atoms with Gasteiger partial charge in [0.2, 0.25) is 0 Å². The Morgan fingerprint density at radius 2 is 1.55 bits per heavy atom. The Morgan fingerprint density at radius 1 is 0.935 bits per heavy atom. The lowest BCUT2D eigenvalue weighted by Crippen LogP contribution is -2.35. The monoisotopic (exact) mass is 438 g/mol. The Balaban J connectivity index is 1.47. The molecule has 0 aromatic carbocycles. The Kier molecular flexibility index (Phi) is 12.5. The van der Waals surface area contributed by atoms with E-state index >= 15 is 0 Å². The van der Waals surface area contributed by atoms with Crippen LogP contribution in [-0.4, -0.2) is 74.2 Å².